The van der Waals surface area contributed by atoms with E-state index in [0.29, 0.717) is 5.56 Å². The number of rotatable bonds is 1. The number of phenols is 1. The molecule has 0 spiro atoms. The Bertz CT molecular complexity index is 1660. The average molecular weight is 505 g/mol. The molecule has 5 aromatic rings. The molecular formula is C35H24N2O2. The van der Waals surface area contributed by atoms with E-state index in [1.165, 1.54) is 0 Å². The fraction of sp³-hybridized carbons (Fsp3) is 0.0857. The fourth-order valence-corrected chi connectivity index (χ4v) is 5.01. The van der Waals surface area contributed by atoms with Crippen LogP contribution in [0.2, 0.25) is 0 Å². The lowest BCUT2D eigenvalue weighted by Crippen LogP contribution is -2.30. The Morgan fingerprint density at radius 1 is 0.590 bits per heavy atom. The van der Waals surface area contributed by atoms with Gasteiger partial charge in [0.25, 0.3) is 0 Å². The summed E-state index contributed by atoms with van der Waals surface area (Å²) in [5, 5.41) is 22.7. The predicted molar refractivity (Wildman–Crippen MR) is 151 cm³/mol. The van der Waals surface area contributed by atoms with Crippen LogP contribution in [0.4, 0.5) is 0 Å². The first-order chi connectivity index (χ1) is 19.1. The number of benzene rings is 3. The van der Waals surface area contributed by atoms with Gasteiger partial charge in [-0.15, -0.1) is 0 Å². The van der Waals surface area contributed by atoms with Crippen LogP contribution in [-0.2, 0) is 18.4 Å². The molecule has 0 fully saturated rings. The zero-order valence-electron chi connectivity index (χ0n) is 21.1. The van der Waals surface area contributed by atoms with E-state index in [9.17, 15) is 10.2 Å². The molecule has 2 heterocycles. The van der Waals surface area contributed by atoms with Crippen LogP contribution in [0, 0.1) is 23.7 Å². The highest BCUT2D eigenvalue weighted by Gasteiger charge is 2.39. The molecule has 0 radical (unpaired) electrons. The number of phenolic OH excluding ortho intramolecular Hbond substituents is 1. The van der Waals surface area contributed by atoms with Crippen LogP contribution < -0.4 is 0 Å². The van der Waals surface area contributed by atoms with Crippen molar-refractivity contribution in [2.45, 2.75) is 18.4 Å². The zero-order valence-corrected chi connectivity index (χ0v) is 21.1. The maximum atomic E-state index is 12.7. The lowest BCUT2D eigenvalue weighted by atomic mass is 9.77. The first kappa shape index (κ1) is 24.2. The maximum absolute atomic E-state index is 12.7. The molecule has 1 aliphatic rings. The van der Waals surface area contributed by atoms with Crippen LogP contribution in [-0.4, -0.2) is 20.2 Å². The van der Waals surface area contributed by atoms with Crippen LogP contribution in [0.25, 0.3) is 0 Å². The molecule has 186 valence electrons. The second-order valence-electron chi connectivity index (χ2n) is 9.48. The molecule has 4 heteroatoms. The Hall–Kier alpha value is -5.16. The van der Waals surface area contributed by atoms with Gasteiger partial charge in [0.2, 0.25) is 0 Å². The number of aromatic hydroxyl groups is 1. The molecule has 0 bridgehead atoms. The van der Waals surface area contributed by atoms with Gasteiger partial charge < -0.3 is 10.2 Å². The third kappa shape index (κ3) is 4.90. The normalized spacial score (nSPS) is 12.9. The van der Waals surface area contributed by atoms with E-state index in [-0.39, 0.29) is 5.75 Å². The molecule has 0 saturated carbocycles. The molecule has 0 amide bonds. The SMILES string of the molecule is Oc1ccc(C2(O)c3cc(C#Cc4cccnc4)ccc3CCc3ccc(C#Cc4cccnc4)cc32)cc1. The maximum Gasteiger partial charge on any atom is 0.141 e. The summed E-state index contributed by atoms with van der Waals surface area (Å²) in [6, 6.07) is 26.4. The molecule has 2 aromatic heterocycles. The summed E-state index contributed by atoms with van der Waals surface area (Å²) in [5.74, 6) is 12.9. The van der Waals surface area contributed by atoms with Crippen molar-refractivity contribution in [3.8, 4) is 29.4 Å². The minimum Gasteiger partial charge on any atom is -0.508 e. The molecule has 0 aliphatic heterocycles. The van der Waals surface area contributed by atoms with E-state index in [1.807, 2.05) is 48.5 Å². The summed E-state index contributed by atoms with van der Waals surface area (Å²) in [4.78, 5) is 8.28. The van der Waals surface area contributed by atoms with Gasteiger partial charge in [0.15, 0.2) is 0 Å². The number of fused-ring (bicyclic) bond motifs is 2. The summed E-state index contributed by atoms with van der Waals surface area (Å²) in [6.07, 6.45) is 8.46. The van der Waals surface area contributed by atoms with Gasteiger partial charge in [-0.1, -0.05) is 47.9 Å². The lowest BCUT2D eigenvalue weighted by molar-refractivity contribution is 0.125. The van der Waals surface area contributed by atoms with Gasteiger partial charge in [0.05, 0.1) is 0 Å². The highest BCUT2D eigenvalue weighted by atomic mass is 16.3. The molecule has 1 aliphatic carbocycles. The number of pyridine rings is 2. The first-order valence-corrected chi connectivity index (χ1v) is 12.7. The summed E-state index contributed by atoms with van der Waals surface area (Å²) in [5.41, 5.74) is 6.10. The monoisotopic (exact) mass is 504 g/mol. The van der Waals surface area contributed by atoms with Gasteiger partial charge in [-0.05, 0) is 101 Å². The van der Waals surface area contributed by atoms with Crippen LogP contribution in [0.3, 0.4) is 0 Å². The molecule has 4 nitrogen and oxygen atoms in total. The number of hydrogen-bond acceptors (Lipinski definition) is 4. The van der Waals surface area contributed by atoms with Crippen molar-refractivity contribution >= 4 is 0 Å². The van der Waals surface area contributed by atoms with E-state index >= 15 is 0 Å². The Labute approximate surface area is 227 Å². The van der Waals surface area contributed by atoms with Crippen molar-refractivity contribution in [2.24, 2.45) is 0 Å². The van der Waals surface area contributed by atoms with Gasteiger partial charge >= 0.3 is 0 Å². The third-order valence-electron chi connectivity index (χ3n) is 6.97. The van der Waals surface area contributed by atoms with Gasteiger partial charge in [0, 0.05) is 47.0 Å². The van der Waals surface area contributed by atoms with Crippen molar-refractivity contribution in [1.82, 2.24) is 9.97 Å². The van der Waals surface area contributed by atoms with Crippen LogP contribution in [0.1, 0.15) is 50.1 Å². The van der Waals surface area contributed by atoms with E-state index < -0.39 is 5.60 Å². The molecule has 3 aromatic carbocycles. The highest BCUT2D eigenvalue weighted by Crippen LogP contribution is 2.43. The van der Waals surface area contributed by atoms with Gasteiger partial charge in [0.1, 0.15) is 11.4 Å². The summed E-state index contributed by atoms with van der Waals surface area (Å²) < 4.78 is 0. The summed E-state index contributed by atoms with van der Waals surface area (Å²) in [7, 11) is 0. The molecule has 0 atom stereocenters. The van der Waals surface area contributed by atoms with Gasteiger partial charge in [-0.25, -0.2) is 0 Å². The smallest absolute Gasteiger partial charge is 0.141 e. The minimum absolute atomic E-state index is 0.142. The number of aromatic nitrogens is 2. The first-order valence-electron chi connectivity index (χ1n) is 12.7. The zero-order chi connectivity index (χ0) is 26.7. The van der Waals surface area contributed by atoms with E-state index in [2.05, 4.69) is 45.8 Å². The Kier molecular flexibility index (Phi) is 6.39. The van der Waals surface area contributed by atoms with Crippen LogP contribution in [0.5, 0.6) is 5.75 Å². The number of aliphatic hydroxyl groups is 1. The average Bonchev–Trinajstić information content (AvgIpc) is 3.11. The quantitative estimate of drug-likeness (QED) is 0.302. The highest BCUT2D eigenvalue weighted by molar-refractivity contribution is 5.59. The fourth-order valence-electron chi connectivity index (χ4n) is 5.01. The molecule has 2 N–H and O–H groups in total. The van der Waals surface area contributed by atoms with Crippen molar-refractivity contribution in [2.75, 3.05) is 0 Å². The predicted octanol–water partition coefficient (Wildman–Crippen LogP) is 5.36. The molecular weight excluding hydrogens is 480 g/mol. The Morgan fingerprint density at radius 3 is 1.54 bits per heavy atom. The van der Waals surface area contributed by atoms with Crippen molar-refractivity contribution in [1.29, 1.82) is 0 Å². The molecule has 0 saturated heterocycles. The van der Waals surface area contributed by atoms with Crippen molar-refractivity contribution < 1.29 is 10.2 Å². The van der Waals surface area contributed by atoms with E-state index in [4.69, 9.17) is 0 Å². The standard InChI is InChI=1S/C35H24N2O2/c38-32-17-15-31(16-18-32)35(39)33-21-25(5-7-27-3-1-19-36-23-27)9-11-29(33)13-14-30-12-10-26(22-34(30)35)6-8-28-4-2-20-37-24-28/h1-4,9-12,15-24,38-39H,13-14H2. The second-order valence-corrected chi connectivity index (χ2v) is 9.48. The van der Waals surface area contributed by atoms with Crippen LogP contribution in [0.15, 0.2) is 110 Å². The number of aryl methyl sites for hydroxylation is 2. The van der Waals surface area contributed by atoms with Gasteiger partial charge in [-0.2, -0.15) is 0 Å². The van der Waals surface area contributed by atoms with E-state index in [0.717, 1.165) is 57.3 Å². The minimum atomic E-state index is -1.47. The second kappa shape index (κ2) is 10.3. The lowest BCUT2D eigenvalue weighted by Gasteiger charge is -2.32. The third-order valence-corrected chi connectivity index (χ3v) is 6.97. The van der Waals surface area contributed by atoms with Crippen molar-refractivity contribution in [3.63, 3.8) is 0 Å². The molecule has 6 rings (SSSR count). The number of nitrogens with zero attached hydrogens (tertiary/aromatic N) is 2. The molecule has 39 heavy (non-hydrogen) atoms. The summed E-state index contributed by atoms with van der Waals surface area (Å²) in [6.45, 7) is 0. The largest absolute Gasteiger partial charge is 0.508 e. The Morgan fingerprint density at radius 2 is 1.08 bits per heavy atom. The Balaban J connectivity index is 1.52. The molecule has 0 unspecified atom stereocenters. The topological polar surface area (TPSA) is 66.2 Å². The van der Waals surface area contributed by atoms with Crippen LogP contribution >= 0.6 is 0 Å². The van der Waals surface area contributed by atoms with E-state index in [1.54, 1.807) is 49.1 Å². The van der Waals surface area contributed by atoms with Gasteiger partial charge in [-0.3, -0.25) is 9.97 Å². The van der Waals surface area contributed by atoms with Crippen molar-refractivity contribution in [3.05, 3.63) is 160 Å². The number of hydrogen-bond donors (Lipinski definition) is 2. The summed E-state index contributed by atoms with van der Waals surface area (Å²) >= 11 is 0.